The van der Waals surface area contributed by atoms with Crippen LogP contribution in [0.4, 0.5) is 13.2 Å². The lowest BCUT2D eigenvalue weighted by Gasteiger charge is -2.22. The van der Waals surface area contributed by atoms with E-state index in [4.69, 9.17) is 11.6 Å². The summed E-state index contributed by atoms with van der Waals surface area (Å²) in [6.45, 7) is 3.45. The minimum atomic E-state index is -4.49. The number of amides is 1. The summed E-state index contributed by atoms with van der Waals surface area (Å²) < 4.78 is 39.4. The molecule has 0 fully saturated rings. The SMILES string of the molecule is C=CCN(CC(F)(F)F)C(=O)c1cnn(-c2cccc(Cl)c2)c1C. The van der Waals surface area contributed by atoms with Crippen LogP contribution in [0.1, 0.15) is 16.1 Å². The first-order valence-corrected chi connectivity index (χ1v) is 7.38. The quantitative estimate of drug-likeness (QED) is 0.758. The van der Waals surface area contributed by atoms with E-state index >= 15 is 0 Å². The molecule has 0 aliphatic heterocycles. The van der Waals surface area contributed by atoms with Crippen LogP contribution in [0.25, 0.3) is 5.69 Å². The van der Waals surface area contributed by atoms with Crippen LogP contribution >= 0.6 is 11.6 Å². The van der Waals surface area contributed by atoms with Crippen LogP contribution in [0, 0.1) is 6.92 Å². The number of benzene rings is 1. The van der Waals surface area contributed by atoms with Crippen molar-refractivity contribution in [1.29, 1.82) is 0 Å². The van der Waals surface area contributed by atoms with Gasteiger partial charge >= 0.3 is 6.18 Å². The van der Waals surface area contributed by atoms with Crippen LogP contribution in [0.2, 0.25) is 5.02 Å². The fourth-order valence-electron chi connectivity index (χ4n) is 2.25. The number of rotatable bonds is 5. The Morgan fingerprint density at radius 3 is 2.75 bits per heavy atom. The highest BCUT2D eigenvalue weighted by Crippen LogP contribution is 2.21. The van der Waals surface area contributed by atoms with Crippen LogP contribution in [0.3, 0.4) is 0 Å². The minimum Gasteiger partial charge on any atom is -0.326 e. The van der Waals surface area contributed by atoms with Crippen molar-refractivity contribution in [2.24, 2.45) is 0 Å². The lowest BCUT2D eigenvalue weighted by Crippen LogP contribution is -2.39. The normalized spacial score (nSPS) is 11.4. The molecule has 0 aliphatic carbocycles. The molecule has 2 rings (SSSR count). The van der Waals surface area contributed by atoms with E-state index in [1.165, 1.54) is 17.0 Å². The molecule has 0 bridgehead atoms. The highest BCUT2D eigenvalue weighted by Gasteiger charge is 2.33. The first-order chi connectivity index (χ1) is 11.2. The smallest absolute Gasteiger partial charge is 0.326 e. The topological polar surface area (TPSA) is 38.1 Å². The van der Waals surface area contributed by atoms with E-state index in [-0.39, 0.29) is 12.1 Å². The Bertz CT molecular complexity index is 755. The van der Waals surface area contributed by atoms with Gasteiger partial charge in [-0.3, -0.25) is 4.79 Å². The highest BCUT2D eigenvalue weighted by molar-refractivity contribution is 6.30. The predicted octanol–water partition coefficient (Wildman–Crippen LogP) is 4.02. The van der Waals surface area contributed by atoms with Gasteiger partial charge in [0, 0.05) is 11.6 Å². The molecule has 2 aromatic rings. The molecule has 0 N–H and O–H groups in total. The molecule has 24 heavy (non-hydrogen) atoms. The number of halogens is 4. The third kappa shape index (κ3) is 4.17. The number of hydrogen-bond acceptors (Lipinski definition) is 2. The van der Waals surface area contributed by atoms with Crippen LogP contribution in [-0.2, 0) is 0 Å². The van der Waals surface area contributed by atoms with Crippen molar-refractivity contribution in [2.75, 3.05) is 13.1 Å². The molecule has 0 aliphatic rings. The van der Waals surface area contributed by atoms with E-state index in [1.54, 1.807) is 31.2 Å². The molecule has 1 amide bonds. The molecule has 1 aromatic heterocycles. The van der Waals surface area contributed by atoms with Gasteiger partial charge in [0.15, 0.2) is 0 Å². The molecular weight excluding hydrogens is 343 g/mol. The van der Waals surface area contributed by atoms with E-state index in [0.29, 0.717) is 21.3 Å². The van der Waals surface area contributed by atoms with Crippen molar-refractivity contribution < 1.29 is 18.0 Å². The molecule has 8 heteroatoms. The molecule has 1 heterocycles. The zero-order valence-corrected chi connectivity index (χ0v) is 13.6. The maximum atomic E-state index is 12.7. The van der Waals surface area contributed by atoms with Gasteiger partial charge in [-0.2, -0.15) is 18.3 Å². The standard InChI is InChI=1S/C16H15ClF3N3O/c1-3-7-22(10-16(18,19)20)15(24)14-9-21-23(11(14)2)13-6-4-5-12(17)8-13/h3-6,8-9H,1,7,10H2,2H3. The average Bonchev–Trinajstić information content (AvgIpc) is 2.86. The van der Waals surface area contributed by atoms with Gasteiger partial charge in [-0.15, -0.1) is 6.58 Å². The third-order valence-electron chi connectivity index (χ3n) is 3.30. The van der Waals surface area contributed by atoms with Gasteiger partial charge in [0.05, 0.1) is 23.1 Å². The molecule has 4 nitrogen and oxygen atoms in total. The van der Waals surface area contributed by atoms with Crippen molar-refractivity contribution in [2.45, 2.75) is 13.1 Å². The minimum absolute atomic E-state index is 0.0982. The zero-order chi connectivity index (χ0) is 17.9. The number of hydrogen-bond donors (Lipinski definition) is 0. The third-order valence-corrected chi connectivity index (χ3v) is 3.53. The molecule has 0 saturated heterocycles. The Kier molecular flexibility index (Phi) is 5.33. The molecule has 0 saturated carbocycles. The van der Waals surface area contributed by atoms with Crippen LogP contribution in [0.5, 0.6) is 0 Å². The largest absolute Gasteiger partial charge is 0.406 e. The summed E-state index contributed by atoms with van der Waals surface area (Å²) in [5.41, 5.74) is 1.14. The van der Waals surface area contributed by atoms with E-state index in [0.717, 1.165) is 0 Å². The molecular formula is C16H15ClF3N3O. The monoisotopic (exact) mass is 357 g/mol. The molecule has 1 aromatic carbocycles. The van der Waals surface area contributed by atoms with Crippen molar-refractivity contribution in [3.8, 4) is 5.69 Å². The second-order valence-electron chi connectivity index (χ2n) is 5.12. The number of carbonyl (C=O) groups excluding carboxylic acids is 1. The van der Waals surface area contributed by atoms with Crippen molar-refractivity contribution in [1.82, 2.24) is 14.7 Å². The summed E-state index contributed by atoms with van der Waals surface area (Å²) >= 11 is 5.93. The Hall–Kier alpha value is -2.28. The number of carbonyl (C=O) groups is 1. The van der Waals surface area contributed by atoms with E-state index in [1.807, 2.05) is 0 Å². The summed E-state index contributed by atoms with van der Waals surface area (Å²) in [5.74, 6) is -0.752. The second-order valence-corrected chi connectivity index (χ2v) is 5.56. The molecule has 0 radical (unpaired) electrons. The Labute approximate surface area is 142 Å². The van der Waals surface area contributed by atoms with Gasteiger partial charge in [-0.05, 0) is 25.1 Å². The first kappa shape index (κ1) is 18.1. The van der Waals surface area contributed by atoms with Gasteiger partial charge in [-0.25, -0.2) is 4.68 Å². The fourth-order valence-corrected chi connectivity index (χ4v) is 2.43. The highest BCUT2D eigenvalue weighted by atomic mass is 35.5. The van der Waals surface area contributed by atoms with Gasteiger partial charge in [0.2, 0.25) is 0 Å². The van der Waals surface area contributed by atoms with Crippen LogP contribution in [-0.4, -0.2) is 39.9 Å². The fraction of sp³-hybridized carbons (Fsp3) is 0.250. The van der Waals surface area contributed by atoms with Crippen LogP contribution < -0.4 is 0 Å². The average molecular weight is 358 g/mol. The van der Waals surface area contributed by atoms with E-state index in [9.17, 15) is 18.0 Å². The maximum Gasteiger partial charge on any atom is 0.406 e. The lowest BCUT2D eigenvalue weighted by molar-refractivity contribution is -0.139. The van der Waals surface area contributed by atoms with E-state index in [2.05, 4.69) is 11.7 Å². The van der Waals surface area contributed by atoms with Gasteiger partial charge in [0.25, 0.3) is 5.91 Å². The summed E-state index contributed by atoms with van der Waals surface area (Å²) in [6.07, 6.45) is -1.99. The number of aromatic nitrogens is 2. The molecule has 0 unspecified atom stereocenters. The van der Waals surface area contributed by atoms with Gasteiger partial charge < -0.3 is 4.90 Å². The maximum absolute atomic E-state index is 12.7. The lowest BCUT2D eigenvalue weighted by atomic mass is 10.2. The Morgan fingerprint density at radius 2 is 2.17 bits per heavy atom. The molecule has 0 spiro atoms. The van der Waals surface area contributed by atoms with Gasteiger partial charge in [0.1, 0.15) is 6.54 Å². The van der Waals surface area contributed by atoms with Gasteiger partial charge in [-0.1, -0.05) is 23.7 Å². The molecule has 128 valence electrons. The number of nitrogens with zero attached hydrogens (tertiary/aromatic N) is 3. The van der Waals surface area contributed by atoms with E-state index < -0.39 is 18.6 Å². The second kappa shape index (κ2) is 7.09. The first-order valence-electron chi connectivity index (χ1n) is 7.00. The predicted molar refractivity (Wildman–Crippen MR) is 85.5 cm³/mol. The Balaban J connectivity index is 2.34. The summed E-state index contributed by atoms with van der Waals surface area (Å²) in [7, 11) is 0. The summed E-state index contributed by atoms with van der Waals surface area (Å²) in [5, 5.41) is 4.58. The van der Waals surface area contributed by atoms with Crippen molar-refractivity contribution >= 4 is 17.5 Å². The van der Waals surface area contributed by atoms with Crippen LogP contribution in [0.15, 0.2) is 43.1 Å². The summed E-state index contributed by atoms with van der Waals surface area (Å²) in [4.78, 5) is 13.1. The zero-order valence-electron chi connectivity index (χ0n) is 12.8. The molecule has 0 atom stereocenters. The number of alkyl halides is 3. The van der Waals surface area contributed by atoms with Crippen molar-refractivity contribution in [3.63, 3.8) is 0 Å². The van der Waals surface area contributed by atoms with Crippen molar-refractivity contribution in [3.05, 3.63) is 59.4 Å². The Morgan fingerprint density at radius 1 is 1.46 bits per heavy atom. The summed E-state index contributed by atoms with van der Waals surface area (Å²) in [6, 6.07) is 6.78.